The molecule has 0 aliphatic heterocycles. The van der Waals surface area contributed by atoms with E-state index in [-0.39, 0.29) is 5.69 Å². The van der Waals surface area contributed by atoms with Crippen molar-refractivity contribution in [3.05, 3.63) is 29.1 Å². The predicted molar refractivity (Wildman–Crippen MR) is 67.0 cm³/mol. The fraction of sp³-hybridized carbons (Fsp3) is 0.538. The quantitative estimate of drug-likeness (QED) is 0.786. The molecule has 0 saturated heterocycles. The zero-order valence-corrected chi connectivity index (χ0v) is 12.0. The van der Waals surface area contributed by atoms with Crippen LogP contribution in [-0.4, -0.2) is 30.1 Å². The molecular formula is C13H17F3N2O2. The van der Waals surface area contributed by atoms with Gasteiger partial charge in [0.15, 0.2) is 0 Å². The first kappa shape index (κ1) is 16.4. The van der Waals surface area contributed by atoms with Crippen molar-refractivity contribution in [1.82, 2.24) is 10.0 Å². The Kier molecular flexibility index (Phi) is 4.43. The Labute approximate surface area is 115 Å². The highest BCUT2D eigenvalue weighted by Crippen LogP contribution is 2.34. The van der Waals surface area contributed by atoms with Crippen LogP contribution in [0.4, 0.5) is 13.2 Å². The van der Waals surface area contributed by atoms with E-state index in [1.165, 1.54) is 14.2 Å². The largest absolute Gasteiger partial charge is 0.417 e. The zero-order chi connectivity index (χ0) is 15.7. The van der Waals surface area contributed by atoms with Crippen molar-refractivity contribution in [2.24, 2.45) is 0 Å². The van der Waals surface area contributed by atoms with Gasteiger partial charge in [-0.1, -0.05) is 20.8 Å². The van der Waals surface area contributed by atoms with Gasteiger partial charge in [-0.05, 0) is 6.07 Å². The number of carbonyl (C=O) groups excluding carboxylic acids is 1. The molecule has 1 rings (SSSR count). The van der Waals surface area contributed by atoms with E-state index < -0.39 is 28.6 Å². The molecule has 0 bridgehead atoms. The summed E-state index contributed by atoms with van der Waals surface area (Å²) >= 11 is 0. The summed E-state index contributed by atoms with van der Waals surface area (Å²) < 4.78 is 39.3. The Bertz CT molecular complexity index is 507. The fourth-order valence-electron chi connectivity index (χ4n) is 1.52. The lowest BCUT2D eigenvalue weighted by Gasteiger charge is -2.22. The number of aromatic nitrogens is 1. The predicted octanol–water partition coefficient (Wildman–Crippen LogP) is 3.03. The van der Waals surface area contributed by atoms with Crippen LogP contribution >= 0.6 is 0 Å². The molecule has 112 valence electrons. The minimum absolute atomic E-state index is 0.265. The Morgan fingerprint density at radius 3 is 2.25 bits per heavy atom. The Morgan fingerprint density at radius 2 is 1.85 bits per heavy atom. The summed E-state index contributed by atoms with van der Waals surface area (Å²) in [5.74, 6) is -0.896. The first-order valence-corrected chi connectivity index (χ1v) is 5.88. The van der Waals surface area contributed by atoms with E-state index in [4.69, 9.17) is 0 Å². The SMILES string of the molecule is CON(C)C(=O)c1cnc(C(C)(C)C)cc1C(F)(F)F. The minimum atomic E-state index is -4.64. The highest BCUT2D eigenvalue weighted by Gasteiger charge is 2.37. The number of hydroxylamine groups is 2. The lowest BCUT2D eigenvalue weighted by molar-refractivity contribution is -0.138. The number of nitrogens with zero attached hydrogens (tertiary/aromatic N) is 2. The maximum atomic E-state index is 13.1. The Morgan fingerprint density at radius 1 is 1.30 bits per heavy atom. The standard InChI is InChI=1S/C13H17F3N2O2/c1-12(2,3)10-6-9(13(14,15)16)8(7-17-10)11(19)18(4)20-5/h6-7H,1-5H3. The lowest BCUT2D eigenvalue weighted by atomic mass is 9.90. The summed E-state index contributed by atoms with van der Waals surface area (Å²) in [6, 6.07) is 0.913. The molecule has 1 aromatic rings. The molecule has 0 radical (unpaired) electrons. The third-order valence-electron chi connectivity index (χ3n) is 2.77. The number of hydrogen-bond acceptors (Lipinski definition) is 3. The minimum Gasteiger partial charge on any atom is -0.274 e. The van der Waals surface area contributed by atoms with Crippen LogP contribution in [-0.2, 0) is 16.4 Å². The van der Waals surface area contributed by atoms with Crippen LogP contribution in [0.5, 0.6) is 0 Å². The van der Waals surface area contributed by atoms with Gasteiger partial charge in [0, 0.05) is 24.4 Å². The van der Waals surface area contributed by atoms with Gasteiger partial charge < -0.3 is 0 Å². The second kappa shape index (κ2) is 5.40. The van der Waals surface area contributed by atoms with E-state index >= 15 is 0 Å². The number of carbonyl (C=O) groups is 1. The number of amides is 1. The van der Waals surface area contributed by atoms with Gasteiger partial charge in [0.1, 0.15) is 0 Å². The third-order valence-corrected chi connectivity index (χ3v) is 2.77. The average Bonchev–Trinajstić information content (AvgIpc) is 2.34. The number of halogens is 3. The van der Waals surface area contributed by atoms with Gasteiger partial charge in [-0.2, -0.15) is 13.2 Å². The first-order chi connectivity index (χ1) is 8.98. The molecule has 0 aliphatic carbocycles. The van der Waals surface area contributed by atoms with Crippen molar-refractivity contribution in [2.45, 2.75) is 32.4 Å². The van der Waals surface area contributed by atoms with Gasteiger partial charge in [-0.15, -0.1) is 0 Å². The molecule has 0 saturated carbocycles. The molecule has 1 amide bonds. The van der Waals surface area contributed by atoms with Gasteiger partial charge in [0.05, 0.1) is 18.2 Å². The Hall–Kier alpha value is -1.63. The van der Waals surface area contributed by atoms with Crippen LogP contribution < -0.4 is 0 Å². The van der Waals surface area contributed by atoms with E-state index in [9.17, 15) is 18.0 Å². The molecule has 0 aromatic carbocycles. The number of alkyl halides is 3. The molecule has 7 heteroatoms. The van der Waals surface area contributed by atoms with Gasteiger partial charge >= 0.3 is 6.18 Å². The first-order valence-electron chi connectivity index (χ1n) is 5.88. The topological polar surface area (TPSA) is 42.4 Å². The summed E-state index contributed by atoms with van der Waals surface area (Å²) in [5, 5.41) is 0.725. The molecule has 0 N–H and O–H groups in total. The number of hydrogen-bond donors (Lipinski definition) is 0. The van der Waals surface area contributed by atoms with Crippen molar-refractivity contribution in [3.8, 4) is 0 Å². The molecule has 1 aromatic heterocycles. The summed E-state index contributed by atoms with van der Waals surface area (Å²) in [6.45, 7) is 5.24. The maximum absolute atomic E-state index is 13.1. The van der Waals surface area contributed by atoms with Gasteiger partial charge in [-0.25, -0.2) is 5.06 Å². The fourth-order valence-corrected chi connectivity index (χ4v) is 1.52. The second-order valence-corrected chi connectivity index (χ2v) is 5.35. The zero-order valence-electron chi connectivity index (χ0n) is 12.0. The summed E-state index contributed by atoms with van der Waals surface area (Å²) in [6.07, 6.45) is -3.69. The van der Waals surface area contributed by atoms with Crippen LogP contribution in [0.2, 0.25) is 0 Å². The second-order valence-electron chi connectivity index (χ2n) is 5.35. The van der Waals surface area contributed by atoms with Crippen LogP contribution in [0.15, 0.2) is 12.3 Å². The van der Waals surface area contributed by atoms with E-state index in [1.54, 1.807) is 20.8 Å². The molecule has 1 heterocycles. The van der Waals surface area contributed by atoms with E-state index in [0.29, 0.717) is 0 Å². The molecule has 0 unspecified atom stereocenters. The van der Waals surface area contributed by atoms with E-state index in [0.717, 1.165) is 17.3 Å². The normalized spacial score (nSPS) is 12.4. The maximum Gasteiger partial charge on any atom is 0.417 e. The van der Waals surface area contributed by atoms with Gasteiger partial charge in [0.25, 0.3) is 5.91 Å². The molecule has 20 heavy (non-hydrogen) atoms. The molecule has 4 nitrogen and oxygen atoms in total. The smallest absolute Gasteiger partial charge is 0.274 e. The third kappa shape index (κ3) is 3.47. The number of rotatable bonds is 2. The lowest BCUT2D eigenvalue weighted by Crippen LogP contribution is -2.29. The summed E-state index contributed by atoms with van der Waals surface area (Å²) in [7, 11) is 2.43. The summed E-state index contributed by atoms with van der Waals surface area (Å²) in [5.41, 5.74) is -1.82. The van der Waals surface area contributed by atoms with Crippen molar-refractivity contribution in [2.75, 3.05) is 14.2 Å². The van der Waals surface area contributed by atoms with Crippen LogP contribution in [0.3, 0.4) is 0 Å². The van der Waals surface area contributed by atoms with Crippen LogP contribution in [0.1, 0.15) is 42.4 Å². The van der Waals surface area contributed by atoms with Crippen molar-refractivity contribution >= 4 is 5.91 Å². The van der Waals surface area contributed by atoms with Gasteiger partial charge in [0.2, 0.25) is 0 Å². The van der Waals surface area contributed by atoms with E-state index in [1.807, 2.05) is 0 Å². The summed E-state index contributed by atoms with van der Waals surface area (Å²) in [4.78, 5) is 20.4. The van der Waals surface area contributed by atoms with Gasteiger partial charge in [-0.3, -0.25) is 14.6 Å². The molecule has 0 spiro atoms. The van der Waals surface area contributed by atoms with Crippen LogP contribution in [0, 0.1) is 0 Å². The highest BCUT2D eigenvalue weighted by molar-refractivity contribution is 5.94. The molecule has 0 fully saturated rings. The van der Waals surface area contributed by atoms with Crippen molar-refractivity contribution in [3.63, 3.8) is 0 Å². The average molecular weight is 290 g/mol. The monoisotopic (exact) mass is 290 g/mol. The molecule has 0 atom stereocenters. The van der Waals surface area contributed by atoms with E-state index in [2.05, 4.69) is 9.82 Å². The molecule has 0 aliphatic rings. The highest BCUT2D eigenvalue weighted by atomic mass is 19.4. The Balaban J connectivity index is 3.43. The molecular weight excluding hydrogens is 273 g/mol. The van der Waals surface area contributed by atoms with Crippen molar-refractivity contribution < 1.29 is 22.8 Å². The number of pyridine rings is 1. The van der Waals surface area contributed by atoms with Crippen LogP contribution in [0.25, 0.3) is 0 Å². The van der Waals surface area contributed by atoms with Crippen molar-refractivity contribution in [1.29, 1.82) is 0 Å².